The molecule has 0 radical (unpaired) electrons. The summed E-state index contributed by atoms with van der Waals surface area (Å²) in [6, 6.07) is 1.39. The second-order valence-corrected chi connectivity index (χ2v) is 6.24. The van der Waals surface area contributed by atoms with Gasteiger partial charge in [0.25, 0.3) is 0 Å². The van der Waals surface area contributed by atoms with Gasteiger partial charge in [0.1, 0.15) is 0 Å². The van der Waals surface area contributed by atoms with Crippen LogP contribution in [0.3, 0.4) is 0 Å². The first-order valence-electron chi connectivity index (χ1n) is 7.11. The molecule has 1 aliphatic rings. The Bertz CT molecular complexity index is 204. The minimum atomic E-state index is 0.651. The van der Waals surface area contributed by atoms with Crippen LogP contribution < -0.4 is 5.32 Å². The quantitative estimate of drug-likeness (QED) is 0.763. The molecule has 0 bridgehead atoms. The van der Waals surface area contributed by atoms with Crippen LogP contribution in [0.2, 0.25) is 0 Å². The van der Waals surface area contributed by atoms with Gasteiger partial charge in [0.15, 0.2) is 0 Å². The van der Waals surface area contributed by atoms with Crippen molar-refractivity contribution < 1.29 is 0 Å². The summed E-state index contributed by atoms with van der Waals surface area (Å²) in [5, 5.41) is 3.61. The molecular formula is C14H31N3. The van der Waals surface area contributed by atoms with Crippen molar-refractivity contribution >= 4 is 0 Å². The molecule has 1 rings (SSSR count). The maximum atomic E-state index is 3.61. The highest BCUT2D eigenvalue weighted by atomic mass is 15.2. The Balaban J connectivity index is 2.38. The van der Waals surface area contributed by atoms with Crippen LogP contribution in [0.1, 0.15) is 33.6 Å². The third-order valence-electron chi connectivity index (χ3n) is 3.52. The predicted molar refractivity (Wildman–Crippen MR) is 75.5 cm³/mol. The molecule has 1 N–H and O–H groups in total. The van der Waals surface area contributed by atoms with Gasteiger partial charge in [0, 0.05) is 25.2 Å². The van der Waals surface area contributed by atoms with Gasteiger partial charge in [-0.1, -0.05) is 13.8 Å². The lowest BCUT2D eigenvalue weighted by atomic mass is 9.99. The molecule has 0 spiro atoms. The van der Waals surface area contributed by atoms with Gasteiger partial charge in [0.05, 0.1) is 0 Å². The summed E-state index contributed by atoms with van der Waals surface area (Å²) < 4.78 is 0. The first kappa shape index (κ1) is 14.9. The van der Waals surface area contributed by atoms with Gasteiger partial charge in [-0.3, -0.25) is 4.90 Å². The predicted octanol–water partition coefficient (Wildman–Crippen LogP) is 1.65. The van der Waals surface area contributed by atoms with E-state index in [4.69, 9.17) is 0 Å². The van der Waals surface area contributed by atoms with Gasteiger partial charge in [-0.15, -0.1) is 0 Å². The first-order chi connectivity index (χ1) is 7.99. The highest BCUT2D eigenvalue weighted by Gasteiger charge is 2.25. The third kappa shape index (κ3) is 5.84. The van der Waals surface area contributed by atoms with E-state index in [-0.39, 0.29) is 0 Å². The van der Waals surface area contributed by atoms with Crippen molar-refractivity contribution in [1.82, 2.24) is 15.1 Å². The maximum absolute atomic E-state index is 3.61. The first-order valence-corrected chi connectivity index (χ1v) is 7.11. The molecule has 1 saturated heterocycles. The van der Waals surface area contributed by atoms with E-state index >= 15 is 0 Å². The summed E-state index contributed by atoms with van der Waals surface area (Å²) in [6.07, 6.45) is 2.61. The number of rotatable bonds is 6. The van der Waals surface area contributed by atoms with Gasteiger partial charge >= 0.3 is 0 Å². The van der Waals surface area contributed by atoms with Crippen molar-refractivity contribution in [2.75, 3.05) is 40.3 Å². The minimum absolute atomic E-state index is 0.651. The van der Waals surface area contributed by atoms with E-state index in [0.717, 1.165) is 12.0 Å². The average Bonchev–Trinajstić information content (AvgIpc) is 2.21. The SMILES string of the molecule is CC(C)CC1CNC(C)CN1CCCN(C)C. The molecule has 1 aliphatic heterocycles. The Morgan fingerprint density at radius 3 is 2.65 bits per heavy atom. The average molecular weight is 241 g/mol. The Morgan fingerprint density at radius 2 is 2.06 bits per heavy atom. The van der Waals surface area contributed by atoms with Crippen LogP contribution >= 0.6 is 0 Å². The van der Waals surface area contributed by atoms with Crippen LogP contribution in [-0.2, 0) is 0 Å². The molecule has 102 valence electrons. The minimum Gasteiger partial charge on any atom is -0.311 e. The van der Waals surface area contributed by atoms with Gasteiger partial charge in [0.2, 0.25) is 0 Å². The van der Waals surface area contributed by atoms with Gasteiger partial charge in [-0.05, 0) is 52.9 Å². The fourth-order valence-corrected chi connectivity index (χ4v) is 2.67. The lowest BCUT2D eigenvalue weighted by Gasteiger charge is -2.40. The van der Waals surface area contributed by atoms with Gasteiger partial charge in [-0.25, -0.2) is 0 Å². The number of hydrogen-bond acceptors (Lipinski definition) is 3. The van der Waals surface area contributed by atoms with Crippen LogP contribution in [0.25, 0.3) is 0 Å². The van der Waals surface area contributed by atoms with Crippen LogP contribution in [0, 0.1) is 5.92 Å². The van der Waals surface area contributed by atoms with Gasteiger partial charge in [-0.2, -0.15) is 0 Å². The Morgan fingerprint density at radius 1 is 1.35 bits per heavy atom. The molecular weight excluding hydrogens is 210 g/mol. The summed E-state index contributed by atoms with van der Waals surface area (Å²) in [5.74, 6) is 0.798. The number of nitrogens with one attached hydrogen (secondary N) is 1. The van der Waals surface area contributed by atoms with E-state index in [1.54, 1.807) is 0 Å². The monoisotopic (exact) mass is 241 g/mol. The lowest BCUT2D eigenvalue weighted by molar-refractivity contribution is 0.114. The van der Waals surface area contributed by atoms with E-state index in [9.17, 15) is 0 Å². The molecule has 17 heavy (non-hydrogen) atoms. The topological polar surface area (TPSA) is 18.5 Å². The van der Waals surface area contributed by atoms with Crippen LogP contribution in [0.4, 0.5) is 0 Å². The van der Waals surface area contributed by atoms with E-state index < -0.39 is 0 Å². The highest BCUT2D eigenvalue weighted by Crippen LogP contribution is 2.15. The number of hydrogen-bond donors (Lipinski definition) is 1. The number of piperazine rings is 1. The Kier molecular flexibility index (Phi) is 6.45. The zero-order chi connectivity index (χ0) is 12.8. The number of nitrogens with zero attached hydrogens (tertiary/aromatic N) is 2. The summed E-state index contributed by atoms with van der Waals surface area (Å²) in [6.45, 7) is 11.8. The zero-order valence-corrected chi connectivity index (χ0v) is 12.4. The molecule has 1 fully saturated rings. The molecule has 0 aromatic rings. The molecule has 2 atom stereocenters. The van der Waals surface area contributed by atoms with E-state index in [0.29, 0.717) is 6.04 Å². The molecule has 0 aromatic heterocycles. The fraction of sp³-hybridized carbons (Fsp3) is 1.00. The molecule has 1 heterocycles. The van der Waals surface area contributed by atoms with Crippen LogP contribution in [0.15, 0.2) is 0 Å². The van der Waals surface area contributed by atoms with Crippen molar-refractivity contribution in [2.45, 2.75) is 45.7 Å². The summed E-state index contributed by atoms with van der Waals surface area (Å²) in [4.78, 5) is 4.98. The largest absolute Gasteiger partial charge is 0.311 e. The molecule has 0 saturated carbocycles. The third-order valence-corrected chi connectivity index (χ3v) is 3.52. The van der Waals surface area contributed by atoms with E-state index in [2.05, 4.69) is 50.0 Å². The highest BCUT2D eigenvalue weighted by molar-refractivity contribution is 4.84. The van der Waals surface area contributed by atoms with Gasteiger partial charge < -0.3 is 10.2 Å². The summed E-state index contributed by atoms with van der Waals surface area (Å²) >= 11 is 0. The molecule has 3 heteroatoms. The lowest BCUT2D eigenvalue weighted by Crippen LogP contribution is -2.56. The second-order valence-electron chi connectivity index (χ2n) is 6.24. The smallest absolute Gasteiger partial charge is 0.0223 e. The van der Waals surface area contributed by atoms with Crippen LogP contribution in [-0.4, -0.2) is 62.2 Å². The zero-order valence-electron chi connectivity index (χ0n) is 12.4. The summed E-state index contributed by atoms with van der Waals surface area (Å²) in [7, 11) is 4.32. The van der Waals surface area contributed by atoms with Crippen molar-refractivity contribution in [1.29, 1.82) is 0 Å². The van der Waals surface area contributed by atoms with Crippen molar-refractivity contribution in [3.63, 3.8) is 0 Å². The molecule has 2 unspecified atom stereocenters. The second kappa shape index (κ2) is 7.34. The Hall–Kier alpha value is -0.120. The standard InChI is InChI=1S/C14H31N3/c1-12(2)9-14-10-15-13(3)11-17(14)8-6-7-16(4)5/h12-15H,6-11H2,1-5H3. The van der Waals surface area contributed by atoms with Crippen molar-refractivity contribution in [3.8, 4) is 0 Å². The molecule has 0 amide bonds. The van der Waals surface area contributed by atoms with Crippen molar-refractivity contribution in [3.05, 3.63) is 0 Å². The fourth-order valence-electron chi connectivity index (χ4n) is 2.67. The molecule has 0 aromatic carbocycles. The van der Waals surface area contributed by atoms with Crippen LogP contribution in [0.5, 0.6) is 0 Å². The van der Waals surface area contributed by atoms with Crippen molar-refractivity contribution in [2.24, 2.45) is 5.92 Å². The molecule has 0 aliphatic carbocycles. The normalized spacial score (nSPS) is 27.0. The molecule has 3 nitrogen and oxygen atoms in total. The van der Waals surface area contributed by atoms with E-state index in [1.807, 2.05) is 0 Å². The summed E-state index contributed by atoms with van der Waals surface area (Å²) in [5.41, 5.74) is 0. The van der Waals surface area contributed by atoms with E-state index in [1.165, 1.54) is 39.0 Å². The maximum Gasteiger partial charge on any atom is 0.0223 e. The Labute approximate surface area is 108 Å².